The number of nitrogens with zero attached hydrogens (tertiary/aromatic N) is 2. The van der Waals surface area contributed by atoms with E-state index < -0.39 is 21.7 Å². The number of carboxylic acid groups (broad SMARTS) is 1. The quantitative estimate of drug-likeness (QED) is 0.614. The Kier molecular flexibility index (Phi) is 5.20. The lowest BCUT2D eigenvalue weighted by Gasteiger charge is -2.13. The Bertz CT molecular complexity index is 730. The van der Waals surface area contributed by atoms with Crippen molar-refractivity contribution >= 4 is 17.3 Å². The minimum Gasteiger partial charge on any atom is -0.481 e. The van der Waals surface area contributed by atoms with Gasteiger partial charge in [-0.15, -0.1) is 0 Å². The molecule has 0 aliphatic carbocycles. The summed E-state index contributed by atoms with van der Waals surface area (Å²) < 4.78 is 0. The smallest absolute Gasteiger partial charge is 0.307 e. The fourth-order valence-corrected chi connectivity index (χ4v) is 2.50. The predicted molar refractivity (Wildman–Crippen MR) is 84.7 cm³/mol. The molecule has 0 aliphatic rings. The lowest BCUT2D eigenvalue weighted by molar-refractivity contribution is -0.385. The van der Waals surface area contributed by atoms with Crippen LogP contribution < -0.4 is 0 Å². The monoisotopic (exact) mass is 330 g/mol. The molecule has 0 saturated heterocycles. The molecule has 0 unspecified atom stereocenters. The van der Waals surface area contributed by atoms with Gasteiger partial charge >= 0.3 is 5.97 Å². The second-order valence-corrected chi connectivity index (χ2v) is 5.22. The molecule has 0 spiro atoms. The largest absolute Gasteiger partial charge is 0.481 e. The van der Waals surface area contributed by atoms with E-state index in [1.54, 1.807) is 12.1 Å². The molecular formula is C16H14N2O6. The van der Waals surface area contributed by atoms with Crippen LogP contribution in [-0.4, -0.2) is 20.9 Å². The second kappa shape index (κ2) is 7.32. The van der Waals surface area contributed by atoms with Gasteiger partial charge in [-0.3, -0.25) is 25.0 Å². The van der Waals surface area contributed by atoms with Crippen molar-refractivity contribution in [1.29, 1.82) is 0 Å². The third-order valence-electron chi connectivity index (χ3n) is 3.66. The van der Waals surface area contributed by atoms with E-state index in [0.29, 0.717) is 0 Å². The molecule has 124 valence electrons. The van der Waals surface area contributed by atoms with E-state index in [-0.39, 0.29) is 35.3 Å². The van der Waals surface area contributed by atoms with Gasteiger partial charge in [0.2, 0.25) is 0 Å². The minimum absolute atomic E-state index is 0.0848. The molecule has 1 N–H and O–H groups in total. The number of aliphatic carboxylic acids is 1. The van der Waals surface area contributed by atoms with Gasteiger partial charge in [-0.1, -0.05) is 36.4 Å². The highest BCUT2D eigenvalue weighted by atomic mass is 16.6. The summed E-state index contributed by atoms with van der Waals surface area (Å²) in [6, 6.07) is 11.8. The Morgan fingerprint density at radius 2 is 1.25 bits per heavy atom. The van der Waals surface area contributed by atoms with E-state index in [4.69, 9.17) is 0 Å². The first kappa shape index (κ1) is 17.1. The maximum atomic E-state index is 11.5. The molecule has 0 aliphatic heterocycles. The Hall–Kier alpha value is -3.29. The van der Waals surface area contributed by atoms with Crippen molar-refractivity contribution in [1.82, 2.24) is 0 Å². The number of nitro groups is 2. The molecule has 0 radical (unpaired) electrons. The number of carboxylic acids is 1. The van der Waals surface area contributed by atoms with E-state index in [2.05, 4.69) is 0 Å². The standard InChI is InChI=1S/C16H14N2O6/c19-16(20)13(9-11-5-1-3-7-14(11)17(21)22)10-12-6-2-4-8-15(12)18(23)24/h1-8,13H,9-10H2,(H,19,20). The number of rotatable bonds is 7. The zero-order chi connectivity index (χ0) is 17.7. The van der Waals surface area contributed by atoms with Crippen LogP contribution in [0.2, 0.25) is 0 Å². The molecule has 0 atom stereocenters. The Balaban J connectivity index is 2.31. The van der Waals surface area contributed by atoms with Crippen molar-refractivity contribution in [2.24, 2.45) is 5.92 Å². The Labute approximate surface area is 136 Å². The van der Waals surface area contributed by atoms with Crippen molar-refractivity contribution < 1.29 is 19.7 Å². The lowest BCUT2D eigenvalue weighted by Crippen LogP contribution is -2.20. The van der Waals surface area contributed by atoms with Crippen molar-refractivity contribution in [2.75, 3.05) is 0 Å². The normalized spacial score (nSPS) is 10.5. The summed E-state index contributed by atoms with van der Waals surface area (Å²) in [5, 5.41) is 31.5. The predicted octanol–water partition coefficient (Wildman–Crippen LogP) is 2.99. The molecular weight excluding hydrogens is 316 g/mol. The topological polar surface area (TPSA) is 124 Å². The fourth-order valence-electron chi connectivity index (χ4n) is 2.50. The lowest BCUT2D eigenvalue weighted by atomic mass is 9.91. The molecule has 2 rings (SSSR count). The molecule has 24 heavy (non-hydrogen) atoms. The average Bonchev–Trinajstić information content (AvgIpc) is 2.54. The zero-order valence-corrected chi connectivity index (χ0v) is 12.5. The fraction of sp³-hybridized carbons (Fsp3) is 0.188. The number of para-hydroxylation sites is 2. The van der Waals surface area contributed by atoms with E-state index in [0.717, 1.165) is 0 Å². The van der Waals surface area contributed by atoms with Crippen LogP contribution in [-0.2, 0) is 17.6 Å². The number of benzene rings is 2. The summed E-state index contributed by atoms with van der Waals surface area (Å²) in [6.07, 6.45) is -0.170. The van der Waals surface area contributed by atoms with Crippen molar-refractivity contribution in [2.45, 2.75) is 12.8 Å². The molecule has 8 nitrogen and oxygen atoms in total. The van der Waals surface area contributed by atoms with E-state index in [1.807, 2.05) is 0 Å². The van der Waals surface area contributed by atoms with Gasteiger partial charge in [-0.05, 0) is 12.8 Å². The van der Waals surface area contributed by atoms with Crippen LogP contribution in [0.15, 0.2) is 48.5 Å². The minimum atomic E-state index is -1.16. The van der Waals surface area contributed by atoms with E-state index >= 15 is 0 Å². The van der Waals surface area contributed by atoms with Gasteiger partial charge in [-0.25, -0.2) is 0 Å². The van der Waals surface area contributed by atoms with Gasteiger partial charge in [-0.2, -0.15) is 0 Å². The summed E-state index contributed by atoms with van der Waals surface area (Å²) >= 11 is 0. The maximum absolute atomic E-state index is 11.5. The van der Waals surface area contributed by atoms with Crippen molar-refractivity contribution in [3.05, 3.63) is 79.9 Å². The Morgan fingerprint density at radius 3 is 1.58 bits per heavy atom. The highest BCUT2D eigenvalue weighted by Gasteiger charge is 2.25. The summed E-state index contributed by atoms with van der Waals surface area (Å²) in [4.78, 5) is 32.5. The van der Waals surface area contributed by atoms with E-state index in [9.17, 15) is 30.1 Å². The first-order valence-corrected chi connectivity index (χ1v) is 7.07. The van der Waals surface area contributed by atoms with Gasteiger partial charge < -0.3 is 5.11 Å². The number of carbonyl (C=O) groups is 1. The highest BCUT2D eigenvalue weighted by Crippen LogP contribution is 2.26. The first-order chi connectivity index (χ1) is 11.4. The van der Waals surface area contributed by atoms with Crippen molar-refractivity contribution in [3.63, 3.8) is 0 Å². The molecule has 0 aromatic heterocycles. The first-order valence-electron chi connectivity index (χ1n) is 7.07. The summed E-state index contributed by atoms with van der Waals surface area (Å²) in [7, 11) is 0. The van der Waals surface area contributed by atoms with Crippen LogP contribution in [0.3, 0.4) is 0 Å². The third kappa shape index (κ3) is 3.92. The van der Waals surface area contributed by atoms with Gasteiger partial charge in [0.1, 0.15) is 0 Å². The van der Waals surface area contributed by atoms with Gasteiger partial charge in [0.15, 0.2) is 0 Å². The summed E-state index contributed by atoms with van der Waals surface area (Å²) in [5.41, 5.74) is 0.250. The molecule has 0 amide bonds. The zero-order valence-electron chi connectivity index (χ0n) is 12.5. The molecule has 2 aromatic rings. The van der Waals surface area contributed by atoms with Crippen LogP contribution in [0.1, 0.15) is 11.1 Å². The van der Waals surface area contributed by atoms with Gasteiger partial charge in [0, 0.05) is 23.3 Å². The molecule has 8 heteroatoms. The number of nitro benzene ring substituents is 2. The van der Waals surface area contributed by atoms with Gasteiger partial charge in [0.25, 0.3) is 11.4 Å². The molecule has 0 saturated carbocycles. The molecule has 0 heterocycles. The summed E-state index contributed by atoms with van der Waals surface area (Å²) in [5.74, 6) is -2.17. The SMILES string of the molecule is O=C(O)C(Cc1ccccc1[N+](=O)[O-])Cc1ccccc1[N+](=O)[O-]. The van der Waals surface area contributed by atoms with Gasteiger partial charge in [0.05, 0.1) is 15.8 Å². The molecule has 0 fully saturated rings. The van der Waals surface area contributed by atoms with Crippen molar-refractivity contribution in [3.8, 4) is 0 Å². The van der Waals surface area contributed by atoms with Crippen LogP contribution in [0, 0.1) is 26.1 Å². The maximum Gasteiger partial charge on any atom is 0.307 e. The highest BCUT2D eigenvalue weighted by molar-refractivity contribution is 5.71. The van der Waals surface area contributed by atoms with Crippen LogP contribution >= 0.6 is 0 Å². The number of hydrogen-bond donors (Lipinski definition) is 1. The summed E-state index contributed by atoms with van der Waals surface area (Å²) in [6.45, 7) is 0. The van der Waals surface area contributed by atoms with Crippen LogP contribution in [0.25, 0.3) is 0 Å². The third-order valence-corrected chi connectivity index (χ3v) is 3.66. The average molecular weight is 330 g/mol. The molecule has 2 aromatic carbocycles. The second-order valence-electron chi connectivity index (χ2n) is 5.22. The molecule has 0 bridgehead atoms. The van der Waals surface area contributed by atoms with E-state index in [1.165, 1.54) is 36.4 Å². The Morgan fingerprint density at radius 1 is 0.875 bits per heavy atom. The number of hydrogen-bond acceptors (Lipinski definition) is 5. The van der Waals surface area contributed by atoms with Crippen LogP contribution in [0.5, 0.6) is 0 Å². The van der Waals surface area contributed by atoms with Crippen LogP contribution in [0.4, 0.5) is 11.4 Å².